The molecule has 3 aromatic heterocycles. The number of aromatic nitrogens is 2. The minimum atomic E-state index is -0.231. The topological polar surface area (TPSA) is 81.2 Å². The Bertz CT molecular complexity index is 748. The molecular weight excluding hydrogens is 282 g/mol. The molecule has 0 aromatic carbocycles. The van der Waals surface area contributed by atoms with Crippen molar-refractivity contribution in [2.75, 3.05) is 6.54 Å². The van der Waals surface area contributed by atoms with Crippen LogP contribution in [0.3, 0.4) is 0 Å². The zero-order valence-electron chi connectivity index (χ0n) is 12.1. The number of carbonyl (C=O) groups is 1. The highest BCUT2D eigenvalue weighted by Crippen LogP contribution is 2.23. The van der Waals surface area contributed by atoms with Crippen LogP contribution in [0.2, 0.25) is 0 Å². The van der Waals surface area contributed by atoms with E-state index >= 15 is 0 Å². The van der Waals surface area contributed by atoms with E-state index in [1.54, 1.807) is 31.5 Å². The van der Waals surface area contributed by atoms with Crippen LogP contribution in [0.25, 0.3) is 11.4 Å². The Balaban J connectivity index is 1.73. The smallest absolute Gasteiger partial charge is 0.257 e. The molecule has 6 heteroatoms. The summed E-state index contributed by atoms with van der Waals surface area (Å²) < 4.78 is 10.4. The van der Waals surface area contributed by atoms with Crippen LogP contribution in [0.15, 0.2) is 51.7 Å². The highest BCUT2D eigenvalue weighted by Gasteiger charge is 2.21. The average molecular weight is 297 g/mol. The van der Waals surface area contributed by atoms with E-state index in [2.05, 4.69) is 15.5 Å². The number of nitrogens with zero attached hydrogens (tertiary/aromatic N) is 2. The van der Waals surface area contributed by atoms with Crippen molar-refractivity contribution in [3.63, 3.8) is 0 Å². The van der Waals surface area contributed by atoms with Crippen LogP contribution in [0.4, 0.5) is 0 Å². The lowest BCUT2D eigenvalue weighted by atomic mass is 10.1. The Morgan fingerprint density at radius 1 is 1.27 bits per heavy atom. The van der Waals surface area contributed by atoms with Crippen molar-refractivity contribution >= 4 is 5.91 Å². The highest BCUT2D eigenvalue weighted by atomic mass is 16.5. The summed E-state index contributed by atoms with van der Waals surface area (Å²) in [5.41, 5.74) is 1.47. The molecule has 6 nitrogen and oxygen atoms in total. The van der Waals surface area contributed by atoms with Gasteiger partial charge in [0.1, 0.15) is 22.8 Å². The molecule has 0 aliphatic carbocycles. The van der Waals surface area contributed by atoms with Gasteiger partial charge in [-0.2, -0.15) is 0 Å². The number of pyridine rings is 1. The third-order valence-electron chi connectivity index (χ3n) is 3.23. The number of carbonyl (C=O) groups excluding carboxylic acids is 1. The first-order chi connectivity index (χ1) is 10.8. The SMILES string of the molecule is Cc1onc(-c2ccccn2)c1C(=O)NCCc1ccco1. The van der Waals surface area contributed by atoms with Crippen molar-refractivity contribution in [3.05, 3.63) is 59.9 Å². The molecule has 3 rings (SSSR count). The summed E-state index contributed by atoms with van der Waals surface area (Å²) in [4.78, 5) is 16.6. The normalized spacial score (nSPS) is 10.6. The first kappa shape index (κ1) is 14.1. The third-order valence-corrected chi connectivity index (χ3v) is 3.23. The molecular formula is C16H15N3O3. The van der Waals surface area contributed by atoms with Gasteiger partial charge in [0.25, 0.3) is 5.91 Å². The molecule has 1 N–H and O–H groups in total. The van der Waals surface area contributed by atoms with Gasteiger partial charge in [0.05, 0.1) is 12.0 Å². The fourth-order valence-corrected chi connectivity index (χ4v) is 2.16. The van der Waals surface area contributed by atoms with Gasteiger partial charge in [-0.05, 0) is 31.2 Å². The quantitative estimate of drug-likeness (QED) is 0.783. The monoisotopic (exact) mass is 297 g/mol. The highest BCUT2D eigenvalue weighted by molar-refractivity contribution is 6.00. The Morgan fingerprint density at radius 3 is 2.91 bits per heavy atom. The molecule has 0 unspecified atom stereocenters. The molecule has 0 atom stereocenters. The Morgan fingerprint density at radius 2 is 2.18 bits per heavy atom. The fraction of sp³-hybridized carbons (Fsp3) is 0.188. The zero-order valence-corrected chi connectivity index (χ0v) is 12.1. The summed E-state index contributed by atoms with van der Waals surface area (Å²) in [6.07, 6.45) is 3.89. The van der Waals surface area contributed by atoms with Crippen LogP contribution in [-0.2, 0) is 6.42 Å². The van der Waals surface area contributed by atoms with Crippen LogP contribution in [0.5, 0.6) is 0 Å². The molecule has 112 valence electrons. The standard InChI is InChI=1S/C16H15N3O3/c1-11-14(15(19-22-11)13-6-2-3-8-17-13)16(20)18-9-7-12-5-4-10-21-12/h2-6,8,10H,7,9H2,1H3,(H,18,20). The van der Waals surface area contributed by atoms with Crippen molar-refractivity contribution < 1.29 is 13.7 Å². The maximum absolute atomic E-state index is 12.4. The van der Waals surface area contributed by atoms with E-state index in [0.717, 1.165) is 5.76 Å². The van der Waals surface area contributed by atoms with Crippen molar-refractivity contribution in [1.82, 2.24) is 15.5 Å². The van der Waals surface area contributed by atoms with Gasteiger partial charge in [0.2, 0.25) is 0 Å². The minimum Gasteiger partial charge on any atom is -0.469 e. The first-order valence-electron chi connectivity index (χ1n) is 6.94. The number of furan rings is 1. The second kappa shape index (κ2) is 6.26. The van der Waals surface area contributed by atoms with Gasteiger partial charge in [0.15, 0.2) is 0 Å². The molecule has 3 aromatic rings. The van der Waals surface area contributed by atoms with E-state index in [0.29, 0.717) is 35.7 Å². The minimum absolute atomic E-state index is 0.231. The van der Waals surface area contributed by atoms with Crippen LogP contribution in [-0.4, -0.2) is 22.6 Å². The molecule has 0 fully saturated rings. The second-order valence-corrected chi connectivity index (χ2v) is 4.76. The van der Waals surface area contributed by atoms with E-state index in [1.807, 2.05) is 18.2 Å². The number of hydrogen-bond donors (Lipinski definition) is 1. The van der Waals surface area contributed by atoms with Crippen LogP contribution >= 0.6 is 0 Å². The zero-order chi connectivity index (χ0) is 15.4. The van der Waals surface area contributed by atoms with Gasteiger partial charge in [0, 0.05) is 19.2 Å². The molecule has 0 saturated heterocycles. The molecule has 0 aliphatic heterocycles. The Hall–Kier alpha value is -2.89. The van der Waals surface area contributed by atoms with E-state index in [1.165, 1.54) is 0 Å². The Labute approximate surface area is 127 Å². The van der Waals surface area contributed by atoms with Crippen molar-refractivity contribution in [1.29, 1.82) is 0 Å². The van der Waals surface area contributed by atoms with Gasteiger partial charge >= 0.3 is 0 Å². The van der Waals surface area contributed by atoms with Gasteiger partial charge in [-0.25, -0.2) is 0 Å². The molecule has 0 radical (unpaired) electrons. The van der Waals surface area contributed by atoms with Gasteiger partial charge in [-0.3, -0.25) is 9.78 Å². The number of hydrogen-bond acceptors (Lipinski definition) is 5. The lowest BCUT2D eigenvalue weighted by molar-refractivity contribution is 0.0952. The molecule has 3 heterocycles. The van der Waals surface area contributed by atoms with E-state index in [9.17, 15) is 4.79 Å². The van der Waals surface area contributed by atoms with E-state index < -0.39 is 0 Å². The van der Waals surface area contributed by atoms with Crippen LogP contribution in [0, 0.1) is 6.92 Å². The Kier molecular flexibility index (Phi) is 4.00. The first-order valence-corrected chi connectivity index (χ1v) is 6.94. The predicted octanol–water partition coefficient (Wildman–Crippen LogP) is 2.61. The lowest BCUT2D eigenvalue weighted by Crippen LogP contribution is -2.26. The van der Waals surface area contributed by atoms with Crippen molar-refractivity contribution in [3.8, 4) is 11.4 Å². The van der Waals surface area contributed by atoms with E-state index in [4.69, 9.17) is 8.94 Å². The largest absolute Gasteiger partial charge is 0.469 e. The third kappa shape index (κ3) is 2.90. The van der Waals surface area contributed by atoms with Gasteiger partial charge < -0.3 is 14.3 Å². The molecule has 0 saturated carbocycles. The maximum Gasteiger partial charge on any atom is 0.257 e. The van der Waals surface area contributed by atoms with Crippen LogP contribution in [0.1, 0.15) is 21.9 Å². The average Bonchev–Trinajstić information content (AvgIpc) is 3.17. The second-order valence-electron chi connectivity index (χ2n) is 4.76. The lowest BCUT2D eigenvalue weighted by Gasteiger charge is -2.04. The van der Waals surface area contributed by atoms with Crippen molar-refractivity contribution in [2.24, 2.45) is 0 Å². The summed E-state index contributed by atoms with van der Waals surface area (Å²) in [6.45, 7) is 2.18. The van der Waals surface area contributed by atoms with Gasteiger partial charge in [-0.1, -0.05) is 11.2 Å². The molecule has 1 amide bonds. The number of rotatable bonds is 5. The molecule has 22 heavy (non-hydrogen) atoms. The maximum atomic E-state index is 12.4. The molecule has 0 bridgehead atoms. The molecule has 0 spiro atoms. The number of aryl methyl sites for hydroxylation is 1. The van der Waals surface area contributed by atoms with Crippen LogP contribution < -0.4 is 5.32 Å². The summed E-state index contributed by atoms with van der Waals surface area (Å²) in [6, 6.07) is 9.12. The fourth-order valence-electron chi connectivity index (χ4n) is 2.16. The molecule has 0 aliphatic rings. The van der Waals surface area contributed by atoms with E-state index in [-0.39, 0.29) is 5.91 Å². The van der Waals surface area contributed by atoms with Crippen molar-refractivity contribution in [2.45, 2.75) is 13.3 Å². The summed E-state index contributed by atoms with van der Waals surface area (Å²) >= 11 is 0. The summed E-state index contributed by atoms with van der Waals surface area (Å²) in [7, 11) is 0. The number of amides is 1. The predicted molar refractivity (Wildman–Crippen MR) is 79.2 cm³/mol. The van der Waals surface area contributed by atoms with Gasteiger partial charge in [-0.15, -0.1) is 0 Å². The number of nitrogens with one attached hydrogen (secondary N) is 1. The summed E-state index contributed by atoms with van der Waals surface area (Å²) in [5, 5.41) is 6.80. The summed E-state index contributed by atoms with van der Waals surface area (Å²) in [5.74, 6) is 1.06.